The van der Waals surface area contributed by atoms with Crippen molar-refractivity contribution in [2.24, 2.45) is 5.92 Å². The summed E-state index contributed by atoms with van der Waals surface area (Å²) in [6.07, 6.45) is 1.27. The number of nitrogens with one attached hydrogen (secondary N) is 1. The number of amides is 1. The maximum Gasteiger partial charge on any atom is 0.328 e. The van der Waals surface area contributed by atoms with E-state index in [4.69, 9.17) is 14.2 Å². The number of hydrogen-bond acceptors (Lipinski definition) is 5. The van der Waals surface area contributed by atoms with Gasteiger partial charge in [-0.15, -0.1) is 0 Å². The second-order valence-electron chi connectivity index (χ2n) is 5.89. The lowest BCUT2D eigenvalue weighted by atomic mass is 10.0. The molecule has 6 nitrogen and oxygen atoms in total. The summed E-state index contributed by atoms with van der Waals surface area (Å²) in [4.78, 5) is 24.5. The van der Waals surface area contributed by atoms with Gasteiger partial charge in [0.15, 0.2) is 11.5 Å². The van der Waals surface area contributed by atoms with Gasteiger partial charge < -0.3 is 19.5 Å². The quantitative estimate of drug-likeness (QED) is 0.781. The molecule has 0 saturated carbocycles. The molecule has 0 aromatic heterocycles. The lowest BCUT2D eigenvalue weighted by molar-refractivity contribution is -0.146. The van der Waals surface area contributed by atoms with Gasteiger partial charge in [0.25, 0.3) is 5.91 Å². The molecule has 1 atom stereocenters. The molecule has 0 bridgehead atoms. The number of carbonyl (C=O) groups excluding carboxylic acids is 2. The number of rotatable bonds is 7. The Morgan fingerprint density at radius 1 is 1.26 bits per heavy atom. The van der Waals surface area contributed by atoms with E-state index < -0.39 is 12.0 Å². The Bertz CT molecular complexity index is 570. The highest BCUT2D eigenvalue weighted by Gasteiger charge is 2.25. The summed E-state index contributed by atoms with van der Waals surface area (Å²) in [6.45, 7) is 6.42. The van der Waals surface area contributed by atoms with Crippen molar-refractivity contribution in [2.75, 3.05) is 13.4 Å². The third kappa shape index (κ3) is 4.61. The van der Waals surface area contributed by atoms with Crippen LogP contribution in [0.5, 0.6) is 11.5 Å². The molecule has 1 amide bonds. The van der Waals surface area contributed by atoms with E-state index in [0.29, 0.717) is 30.1 Å². The Morgan fingerprint density at radius 2 is 2.00 bits per heavy atom. The zero-order chi connectivity index (χ0) is 16.8. The number of esters is 1. The molecule has 0 aliphatic carbocycles. The summed E-state index contributed by atoms with van der Waals surface area (Å²) < 4.78 is 15.7. The summed E-state index contributed by atoms with van der Waals surface area (Å²) >= 11 is 0. The molecule has 1 heterocycles. The zero-order valence-electron chi connectivity index (χ0n) is 13.8. The number of carbonyl (C=O) groups is 2. The first-order valence-electron chi connectivity index (χ1n) is 7.88. The van der Waals surface area contributed by atoms with Crippen molar-refractivity contribution in [1.29, 1.82) is 0 Å². The minimum absolute atomic E-state index is 0.153. The van der Waals surface area contributed by atoms with E-state index in [-0.39, 0.29) is 18.6 Å². The molecule has 0 fully saturated rings. The third-order valence-corrected chi connectivity index (χ3v) is 3.38. The average molecular weight is 321 g/mol. The van der Waals surface area contributed by atoms with Crippen LogP contribution >= 0.6 is 0 Å². The second-order valence-corrected chi connectivity index (χ2v) is 5.89. The first-order chi connectivity index (χ1) is 11.0. The van der Waals surface area contributed by atoms with Gasteiger partial charge in [0, 0.05) is 5.56 Å². The normalized spacial score (nSPS) is 13.7. The van der Waals surface area contributed by atoms with Crippen LogP contribution in [0, 0.1) is 5.92 Å². The van der Waals surface area contributed by atoms with Crippen LogP contribution in [0.3, 0.4) is 0 Å². The molecule has 126 valence electrons. The molecule has 1 N–H and O–H groups in total. The Labute approximate surface area is 136 Å². The molecule has 2 rings (SSSR count). The molecule has 1 aliphatic heterocycles. The van der Waals surface area contributed by atoms with Crippen LogP contribution in [0.15, 0.2) is 18.2 Å². The van der Waals surface area contributed by atoms with Gasteiger partial charge in [0.1, 0.15) is 6.04 Å². The molecule has 1 aromatic carbocycles. The summed E-state index contributed by atoms with van der Waals surface area (Å²) in [5, 5.41) is 2.75. The lowest BCUT2D eigenvalue weighted by Gasteiger charge is -2.19. The SMILES string of the molecule is CCCOC(=O)[C@H](CC(C)C)NC(=O)c1ccc2c(c1)OCO2. The van der Waals surface area contributed by atoms with Crippen molar-refractivity contribution >= 4 is 11.9 Å². The predicted octanol–water partition coefficient (Wildman–Crippen LogP) is 2.51. The Kier molecular flexibility index (Phi) is 5.84. The largest absolute Gasteiger partial charge is 0.464 e. The van der Waals surface area contributed by atoms with Crippen LogP contribution in [-0.2, 0) is 9.53 Å². The van der Waals surface area contributed by atoms with Crippen LogP contribution in [0.4, 0.5) is 0 Å². The third-order valence-electron chi connectivity index (χ3n) is 3.38. The van der Waals surface area contributed by atoms with E-state index in [0.717, 1.165) is 6.42 Å². The standard InChI is InChI=1S/C17H23NO5/c1-4-7-21-17(20)13(8-11(2)3)18-16(19)12-5-6-14-15(9-12)23-10-22-14/h5-6,9,11,13H,4,7-8,10H2,1-3H3,(H,18,19)/t13-/m0/s1. The summed E-state index contributed by atoms with van der Waals surface area (Å²) in [7, 11) is 0. The molecule has 1 aromatic rings. The van der Waals surface area contributed by atoms with Gasteiger partial charge in [0.05, 0.1) is 6.61 Å². The van der Waals surface area contributed by atoms with Crippen LogP contribution in [0.25, 0.3) is 0 Å². The monoisotopic (exact) mass is 321 g/mol. The average Bonchev–Trinajstić information content (AvgIpc) is 2.98. The number of ether oxygens (including phenoxy) is 3. The van der Waals surface area contributed by atoms with Crippen molar-refractivity contribution in [3.63, 3.8) is 0 Å². The van der Waals surface area contributed by atoms with Crippen LogP contribution in [-0.4, -0.2) is 31.3 Å². The topological polar surface area (TPSA) is 73.9 Å². The highest BCUT2D eigenvalue weighted by atomic mass is 16.7. The van der Waals surface area contributed by atoms with Gasteiger partial charge in [-0.2, -0.15) is 0 Å². The van der Waals surface area contributed by atoms with Gasteiger partial charge in [-0.3, -0.25) is 4.79 Å². The predicted molar refractivity (Wildman–Crippen MR) is 84.5 cm³/mol. The Hall–Kier alpha value is -2.24. The lowest BCUT2D eigenvalue weighted by Crippen LogP contribution is -2.42. The van der Waals surface area contributed by atoms with Crippen molar-refractivity contribution in [3.8, 4) is 11.5 Å². The van der Waals surface area contributed by atoms with Crippen LogP contribution < -0.4 is 14.8 Å². The second kappa shape index (κ2) is 7.85. The van der Waals surface area contributed by atoms with Crippen LogP contribution in [0.2, 0.25) is 0 Å². The molecule has 23 heavy (non-hydrogen) atoms. The molecule has 1 aliphatic rings. The van der Waals surface area contributed by atoms with Crippen molar-refractivity contribution in [2.45, 2.75) is 39.7 Å². The molecular formula is C17H23NO5. The maximum absolute atomic E-state index is 12.4. The molecule has 0 radical (unpaired) electrons. The Balaban J connectivity index is 2.05. The molecule has 0 spiro atoms. The smallest absolute Gasteiger partial charge is 0.328 e. The van der Waals surface area contributed by atoms with Gasteiger partial charge >= 0.3 is 5.97 Å². The Morgan fingerprint density at radius 3 is 2.70 bits per heavy atom. The van der Waals surface area contributed by atoms with Crippen molar-refractivity contribution in [1.82, 2.24) is 5.32 Å². The fourth-order valence-corrected chi connectivity index (χ4v) is 2.27. The van der Waals surface area contributed by atoms with E-state index in [9.17, 15) is 9.59 Å². The van der Waals surface area contributed by atoms with Crippen molar-refractivity contribution in [3.05, 3.63) is 23.8 Å². The molecule has 6 heteroatoms. The zero-order valence-corrected chi connectivity index (χ0v) is 13.8. The number of fused-ring (bicyclic) bond motifs is 1. The van der Waals surface area contributed by atoms with Crippen LogP contribution in [0.1, 0.15) is 44.0 Å². The number of hydrogen-bond donors (Lipinski definition) is 1. The van der Waals surface area contributed by atoms with E-state index in [1.165, 1.54) is 0 Å². The molecule has 0 saturated heterocycles. The number of benzene rings is 1. The highest BCUT2D eigenvalue weighted by Crippen LogP contribution is 2.32. The summed E-state index contributed by atoms with van der Waals surface area (Å²) in [5.74, 6) is 0.678. The van der Waals surface area contributed by atoms with Gasteiger partial charge in [0.2, 0.25) is 6.79 Å². The first-order valence-corrected chi connectivity index (χ1v) is 7.88. The highest BCUT2D eigenvalue weighted by molar-refractivity contribution is 5.97. The van der Waals surface area contributed by atoms with Crippen molar-refractivity contribution < 1.29 is 23.8 Å². The summed E-state index contributed by atoms with van der Waals surface area (Å²) in [6, 6.07) is 4.29. The fraction of sp³-hybridized carbons (Fsp3) is 0.529. The van der Waals surface area contributed by atoms with E-state index in [1.54, 1.807) is 18.2 Å². The molecule has 0 unspecified atom stereocenters. The van der Waals surface area contributed by atoms with Gasteiger partial charge in [-0.1, -0.05) is 20.8 Å². The fourth-order valence-electron chi connectivity index (χ4n) is 2.27. The van der Waals surface area contributed by atoms with E-state index in [2.05, 4.69) is 5.32 Å². The van der Waals surface area contributed by atoms with E-state index in [1.807, 2.05) is 20.8 Å². The maximum atomic E-state index is 12.4. The summed E-state index contributed by atoms with van der Waals surface area (Å²) in [5.41, 5.74) is 0.422. The van der Waals surface area contributed by atoms with Gasteiger partial charge in [-0.05, 0) is 37.0 Å². The van der Waals surface area contributed by atoms with Gasteiger partial charge in [-0.25, -0.2) is 4.79 Å². The minimum Gasteiger partial charge on any atom is -0.464 e. The minimum atomic E-state index is -0.653. The van der Waals surface area contributed by atoms with E-state index >= 15 is 0 Å². The first kappa shape index (κ1) is 17.1. The molecular weight excluding hydrogens is 298 g/mol.